The number of ether oxygens (including phenoxy) is 1. The maximum atomic E-state index is 12.4. The number of phenols is 1. The van der Waals surface area contributed by atoms with Crippen LogP contribution in [0.1, 0.15) is 22.8 Å². The molecule has 2 unspecified atom stereocenters. The molecule has 1 amide bonds. The highest BCUT2D eigenvalue weighted by molar-refractivity contribution is 5.94. The van der Waals surface area contributed by atoms with Gasteiger partial charge in [0.2, 0.25) is 0 Å². The van der Waals surface area contributed by atoms with E-state index < -0.39 is 0 Å². The van der Waals surface area contributed by atoms with Crippen LogP contribution in [0.3, 0.4) is 0 Å². The van der Waals surface area contributed by atoms with Crippen molar-refractivity contribution < 1.29 is 19.7 Å². The van der Waals surface area contributed by atoms with E-state index in [4.69, 9.17) is 9.84 Å². The highest BCUT2D eigenvalue weighted by Gasteiger charge is 2.29. The Morgan fingerprint density at radius 2 is 2.26 bits per heavy atom. The lowest BCUT2D eigenvalue weighted by Crippen LogP contribution is -2.52. The third kappa shape index (κ3) is 2.88. The maximum absolute atomic E-state index is 12.4. The number of morpholine rings is 1. The minimum absolute atomic E-state index is 0.0237. The van der Waals surface area contributed by atoms with Gasteiger partial charge >= 0.3 is 0 Å². The predicted octanol–water partition coefficient (Wildman–Crippen LogP) is 0.922. The smallest absolute Gasteiger partial charge is 0.254 e. The Hall–Kier alpha value is -1.59. The molecule has 2 rings (SSSR count). The number of carbonyl (C=O) groups excluding carboxylic acids is 1. The van der Waals surface area contributed by atoms with E-state index in [1.54, 1.807) is 24.0 Å². The van der Waals surface area contributed by atoms with Crippen molar-refractivity contribution in [2.45, 2.75) is 26.0 Å². The van der Waals surface area contributed by atoms with Gasteiger partial charge in [0.1, 0.15) is 5.75 Å². The molecule has 1 aromatic carbocycles. The standard InChI is InChI=1S/C14H19NO4/c1-9-5-11(3-4-13(9)17)14(18)15-6-12(7-16)19-8-10(15)2/h3-5,10,12,16-17H,6-8H2,1-2H3. The number of benzene rings is 1. The molecule has 0 spiro atoms. The van der Waals surface area contributed by atoms with Crippen molar-refractivity contribution in [3.05, 3.63) is 29.3 Å². The molecular formula is C14H19NO4. The van der Waals surface area contributed by atoms with Crippen LogP contribution in [0, 0.1) is 6.92 Å². The van der Waals surface area contributed by atoms with Gasteiger partial charge in [0.15, 0.2) is 0 Å². The van der Waals surface area contributed by atoms with E-state index in [0.29, 0.717) is 24.3 Å². The number of aliphatic hydroxyl groups excluding tert-OH is 1. The van der Waals surface area contributed by atoms with E-state index in [0.717, 1.165) is 0 Å². The molecule has 5 nitrogen and oxygen atoms in total. The number of aliphatic hydroxyl groups is 1. The van der Waals surface area contributed by atoms with Crippen LogP contribution in [0.5, 0.6) is 5.75 Å². The number of aryl methyl sites for hydroxylation is 1. The monoisotopic (exact) mass is 265 g/mol. The largest absolute Gasteiger partial charge is 0.508 e. The first-order valence-corrected chi connectivity index (χ1v) is 6.36. The molecule has 1 aliphatic heterocycles. The number of carbonyl (C=O) groups is 1. The zero-order valence-corrected chi connectivity index (χ0v) is 11.2. The molecule has 19 heavy (non-hydrogen) atoms. The van der Waals surface area contributed by atoms with Gasteiger partial charge in [0.25, 0.3) is 5.91 Å². The summed E-state index contributed by atoms with van der Waals surface area (Å²) in [7, 11) is 0. The van der Waals surface area contributed by atoms with E-state index in [1.165, 1.54) is 6.07 Å². The molecular weight excluding hydrogens is 246 g/mol. The first-order chi connectivity index (χ1) is 9.02. The lowest BCUT2D eigenvalue weighted by Gasteiger charge is -2.37. The van der Waals surface area contributed by atoms with E-state index in [1.807, 2.05) is 6.92 Å². The van der Waals surface area contributed by atoms with Crippen LogP contribution in [0.15, 0.2) is 18.2 Å². The third-order valence-electron chi connectivity index (χ3n) is 3.41. The van der Waals surface area contributed by atoms with Crippen LogP contribution in [0.4, 0.5) is 0 Å². The summed E-state index contributed by atoms with van der Waals surface area (Å²) >= 11 is 0. The highest BCUT2D eigenvalue weighted by Crippen LogP contribution is 2.20. The van der Waals surface area contributed by atoms with Crippen molar-refractivity contribution in [2.24, 2.45) is 0 Å². The molecule has 1 fully saturated rings. The van der Waals surface area contributed by atoms with Gasteiger partial charge in [0, 0.05) is 12.1 Å². The molecule has 0 saturated carbocycles. The zero-order chi connectivity index (χ0) is 14.0. The van der Waals surface area contributed by atoms with Crippen LogP contribution in [-0.4, -0.2) is 52.9 Å². The number of phenolic OH excluding ortho intramolecular Hbond substituents is 1. The fraction of sp³-hybridized carbons (Fsp3) is 0.500. The Morgan fingerprint density at radius 3 is 2.89 bits per heavy atom. The fourth-order valence-corrected chi connectivity index (χ4v) is 2.17. The molecule has 104 valence electrons. The average molecular weight is 265 g/mol. The van der Waals surface area contributed by atoms with Crippen molar-refractivity contribution >= 4 is 5.91 Å². The molecule has 1 aromatic rings. The summed E-state index contributed by atoms with van der Waals surface area (Å²) in [5, 5.41) is 18.6. The first kappa shape index (κ1) is 13.8. The Labute approximate surface area is 112 Å². The Bertz CT molecular complexity index is 475. The van der Waals surface area contributed by atoms with Crippen molar-refractivity contribution in [1.29, 1.82) is 0 Å². The first-order valence-electron chi connectivity index (χ1n) is 6.36. The van der Waals surface area contributed by atoms with Gasteiger partial charge in [-0.15, -0.1) is 0 Å². The van der Waals surface area contributed by atoms with Gasteiger partial charge in [0.05, 0.1) is 25.4 Å². The van der Waals surface area contributed by atoms with E-state index >= 15 is 0 Å². The van der Waals surface area contributed by atoms with Gasteiger partial charge in [-0.1, -0.05) is 0 Å². The fourth-order valence-electron chi connectivity index (χ4n) is 2.17. The van der Waals surface area contributed by atoms with Crippen LogP contribution in [-0.2, 0) is 4.74 Å². The molecule has 0 aromatic heterocycles. The maximum Gasteiger partial charge on any atom is 0.254 e. The van der Waals surface area contributed by atoms with E-state index in [9.17, 15) is 9.90 Å². The summed E-state index contributed by atoms with van der Waals surface area (Å²) < 4.78 is 5.41. The Morgan fingerprint density at radius 1 is 1.53 bits per heavy atom. The van der Waals surface area contributed by atoms with Crippen molar-refractivity contribution in [3.8, 4) is 5.75 Å². The molecule has 5 heteroatoms. The number of aromatic hydroxyl groups is 1. The van der Waals surface area contributed by atoms with Gasteiger partial charge < -0.3 is 19.8 Å². The zero-order valence-electron chi connectivity index (χ0n) is 11.2. The lowest BCUT2D eigenvalue weighted by atomic mass is 10.1. The van der Waals surface area contributed by atoms with Crippen molar-refractivity contribution in [3.63, 3.8) is 0 Å². The molecule has 1 saturated heterocycles. The third-order valence-corrected chi connectivity index (χ3v) is 3.41. The van der Waals surface area contributed by atoms with Gasteiger partial charge in [-0.3, -0.25) is 4.79 Å². The SMILES string of the molecule is Cc1cc(C(=O)N2CC(CO)OCC2C)ccc1O. The lowest BCUT2D eigenvalue weighted by molar-refractivity contribution is -0.0667. The number of amides is 1. The second-order valence-electron chi connectivity index (χ2n) is 4.95. The molecule has 0 aliphatic carbocycles. The summed E-state index contributed by atoms with van der Waals surface area (Å²) in [5.41, 5.74) is 1.21. The van der Waals surface area contributed by atoms with E-state index in [-0.39, 0.29) is 30.4 Å². The molecule has 0 bridgehead atoms. The number of rotatable bonds is 2. The number of nitrogens with zero attached hydrogens (tertiary/aromatic N) is 1. The average Bonchev–Trinajstić information content (AvgIpc) is 2.41. The van der Waals surface area contributed by atoms with Crippen LogP contribution >= 0.6 is 0 Å². The summed E-state index contributed by atoms with van der Waals surface area (Å²) in [5.74, 6) is 0.0807. The molecule has 1 aliphatic rings. The topological polar surface area (TPSA) is 70.0 Å². The number of hydrogen-bond donors (Lipinski definition) is 2. The normalized spacial score (nSPS) is 23.4. The summed E-state index contributed by atoms with van der Waals surface area (Å²) in [4.78, 5) is 14.1. The highest BCUT2D eigenvalue weighted by atomic mass is 16.5. The molecule has 2 atom stereocenters. The second kappa shape index (κ2) is 5.59. The van der Waals surface area contributed by atoms with Crippen LogP contribution in [0.2, 0.25) is 0 Å². The Balaban J connectivity index is 2.19. The second-order valence-corrected chi connectivity index (χ2v) is 4.95. The minimum atomic E-state index is -0.321. The van der Waals surface area contributed by atoms with Crippen molar-refractivity contribution in [1.82, 2.24) is 4.90 Å². The molecule has 1 heterocycles. The van der Waals surface area contributed by atoms with Crippen LogP contribution < -0.4 is 0 Å². The minimum Gasteiger partial charge on any atom is -0.508 e. The van der Waals surface area contributed by atoms with Crippen LogP contribution in [0.25, 0.3) is 0 Å². The molecule has 0 radical (unpaired) electrons. The molecule has 2 N–H and O–H groups in total. The van der Waals surface area contributed by atoms with Gasteiger partial charge in [-0.2, -0.15) is 0 Å². The Kier molecular flexibility index (Phi) is 4.07. The van der Waals surface area contributed by atoms with Gasteiger partial charge in [-0.25, -0.2) is 0 Å². The van der Waals surface area contributed by atoms with Crippen molar-refractivity contribution in [2.75, 3.05) is 19.8 Å². The quantitative estimate of drug-likeness (QED) is 0.834. The number of hydrogen-bond acceptors (Lipinski definition) is 4. The summed E-state index contributed by atoms with van der Waals surface area (Å²) in [6.07, 6.45) is -0.321. The van der Waals surface area contributed by atoms with Gasteiger partial charge in [-0.05, 0) is 37.6 Å². The summed E-state index contributed by atoms with van der Waals surface area (Å²) in [6.45, 7) is 4.39. The summed E-state index contributed by atoms with van der Waals surface area (Å²) in [6, 6.07) is 4.79. The van der Waals surface area contributed by atoms with E-state index in [2.05, 4.69) is 0 Å². The predicted molar refractivity (Wildman–Crippen MR) is 70.2 cm³/mol.